The van der Waals surface area contributed by atoms with Crippen LogP contribution < -0.4 is 10.6 Å². The van der Waals surface area contributed by atoms with Gasteiger partial charge in [0.05, 0.1) is 11.2 Å². The normalized spacial score (nSPS) is 11.8. The van der Waals surface area contributed by atoms with Gasteiger partial charge < -0.3 is 10.6 Å². The van der Waals surface area contributed by atoms with Crippen molar-refractivity contribution in [2.75, 3.05) is 23.1 Å². The van der Waals surface area contributed by atoms with Gasteiger partial charge in [0.15, 0.2) is 10.9 Å². The van der Waals surface area contributed by atoms with Crippen LogP contribution in [-0.4, -0.2) is 45.6 Å². The minimum Gasteiger partial charge on any atom is -0.339 e. The summed E-state index contributed by atoms with van der Waals surface area (Å²) in [6, 6.07) is 5.10. The first-order valence-electron chi connectivity index (χ1n) is 9.69. The van der Waals surface area contributed by atoms with Gasteiger partial charge in [-0.2, -0.15) is 11.8 Å². The predicted molar refractivity (Wildman–Crippen MR) is 127 cm³/mol. The molecule has 30 heavy (non-hydrogen) atoms. The number of carbonyl (C=O) groups excluding carboxylic acids is 2. The van der Waals surface area contributed by atoms with Gasteiger partial charge >= 0.3 is 0 Å². The zero-order valence-electron chi connectivity index (χ0n) is 17.6. The lowest BCUT2D eigenvalue weighted by molar-refractivity contribution is -0.118. The molecule has 0 unspecified atom stereocenters. The van der Waals surface area contributed by atoms with E-state index < -0.39 is 11.9 Å². The molecule has 162 valence electrons. The van der Waals surface area contributed by atoms with Crippen molar-refractivity contribution in [1.29, 1.82) is 0 Å². The number of nitrogens with zero attached hydrogens (tertiary/aromatic N) is 2. The van der Waals surface area contributed by atoms with E-state index in [1.54, 1.807) is 11.8 Å². The van der Waals surface area contributed by atoms with Crippen molar-refractivity contribution in [3.63, 3.8) is 0 Å². The van der Waals surface area contributed by atoms with Crippen LogP contribution in [0.4, 0.5) is 5.69 Å². The molecule has 6 nitrogen and oxygen atoms in total. The van der Waals surface area contributed by atoms with Gasteiger partial charge in [0.2, 0.25) is 5.91 Å². The van der Waals surface area contributed by atoms with Crippen LogP contribution in [0.5, 0.6) is 0 Å². The Bertz CT molecular complexity index is 895. The number of carbonyl (C=O) groups is 2. The van der Waals surface area contributed by atoms with E-state index in [1.165, 1.54) is 18.0 Å². The second-order valence-corrected chi connectivity index (χ2v) is 9.27. The molecule has 0 spiro atoms. The second kappa shape index (κ2) is 12.2. The van der Waals surface area contributed by atoms with Crippen molar-refractivity contribution in [3.8, 4) is 0 Å². The van der Waals surface area contributed by atoms with E-state index >= 15 is 0 Å². The van der Waals surface area contributed by atoms with E-state index in [4.69, 9.17) is 11.6 Å². The molecule has 9 heteroatoms. The number of rotatable bonds is 10. The van der Waals surface area contributed by atoms with Crippen molar-refractivity contribution in [2.24, 2.45) is 0 Å². The number of thioether (sulfide) groups is 2. The number of anilines is 1. The fourth-order valence-electron chi connectivity index (χ4n) is 2.68. The van der Waals surface area contributed by atoms with Crippen molar-refractivity contribution in [1.82, 2.24) is 15.3 Å². The van der Waals surface area contributed by atoms with Gasteiger partial charge in [-0.3, -0.25) is 9.59 Å². The lowest BCUT2D eigenvalue weighted by Gasteiger charge is -2.19. The van der Waals surface area contributed by atoms with Gasteiger partial charge in [-0.1, -0.05) is 48.0 Å². The summed E-state index contributed by atoms with van der Waals surface area (Å²) in [5.74, 6) is 0.815. The Balaban J connectivity index is 2.16. The third-order valence-corrected chi connectivity index (χ3v) is 6.23. The molecule has 1 aromatic carbocycles. The molecule has 0 saturated heterocycles. The molecular formula is C21H27ClN4O2S2. The summed E-state index contributed by atoms with van der Waals surface area (Å²) >= 11 is 9.23. The maximum Gasteiger partial charge on any atom is 0.272 e. The Kier molecular flexibility index (Phi) is 9.94. The summed E-state index contributed by atoms with van der Waals surface area (Å²) in [6.45, 7) is 5.99. The summed E-state index contributed by atoms with van der Waals surface area (Å²) in [5.41, 5.74) is 2.90. The zero-order valence-corrected chi connectivity index (χ0v) is 20.0. The number of benzene rings is 1. The highest BCUT2D eigenvalue weighted by Crippen LogP contribution is 2.20. The highest BCUT2D eigenvalue weighted by molar-refractivity contribution is 7.99. The number of hydrogen-bond acceptors (Lipinski definition) is 6. The van der Waals surface area contributed by atoms with Crippen molar-refractivity contribution in [2.45, 2.75) is 44.8 Å². The molecule has 1 heterocycles. The monoisotopic (exact) mass is 466 g/mol. The molecule has 0 fully saturated rings. The van der Waals surface area contributed by atoms with E-state index in [9.17, 15) is 9.59 Å². The Morgan fingerprint density at radius 2 is 2.00 bits per heavy atom. The Hall–Kier alpha value is -1.77. The number of aryl methyl sites for hydroxylation is 2. The molecule has 0 aliphatic rings. The van der Waals surface area contributed by atoms with E-state index in [1.807, 2.05) is 38.3 Å². The first kappa shape index (κ1) is 24.5. The summed E-state index contributed by atoms with van der Waals surface area (Å²) in [7, 11) is 0. The predicted octanol–water partition coefficient (Wildman–Crippen LogP) is 4.74. The van der Waals surface area contributed by atoms with Crippen molar-refractivity contribution < 1.29 is 9.59 Å². The Morgan fingerprint density at radius 1 is 1.23 bits per heavy atom. The number of hydrogen-bond donors (Lipinski definition) is 2. The van der Waals surface area contributed by atoms with Gasteiger partial charge in [0.1, 0.15) is 6.04 Å². The molecule has 0 radical (unpaired) electrons. The highest BCUT2D eigenvalue weighted by Gasteiger charge is 2.24. The number of aromatic nitrogens is 2. The van der Waals surface area contributed by atoms with E-state index in [0.717, 1.165) is 34.7 Å². The summed E-state index contributed by atoms with van der Waals surface area (Å²) in [4.78, 5) is 34.2. The molecule has 0 aliphatic heterocycles. The van der Waals surface area contributed by atoms with Crippen LogP contribution in [0.1, 0.15) is 41.4 Å². The van der Waals surface area contributed by atoms with Crippen LogP contribution in [0.15, 0.2) is 29.6 Å². The molecule has 0 bridgehead atoms. The molecule has 2 N–H and O–H groups in total. The Labute approximate surface area is 191 Å². The van der Waals surface area contributed by atoms with Crippen LogP contribution in [0.25, 0.3) is 0 Å². The van der Waals surface area contributed by atoms with Crippen LogP contribution in [-0.2, 0) is 4.79 Å². The molecule has 2 aromatic rings. The highest BCUT2D eigenvalue weighted by atomic mass is 35.5. The first-order chi connectivity index (χ1) is 14.3. The first-order valence-corrected chi connectivity index (χ1v) is 12.4. The third-order valence-electron chi connectivity index (χ3n) is 4.24. The van der Waals surface area contributed by atoms with E-state index in [-0.39, 0.29) is 16.6 Å². The molecule has 2 rings (SSSR count). The fourth-order valence-corrected chi connectivity index (χ4v) is 4.00. The minimum atomic E-state index is -0.705. The van der Waals surface area contributed by atoms with Crippen LogP contribution >= 0.6 is 35.1 Å². The molecule has 1 atom stereocenters. The standard InChI is InChI=1S/C21H27ClN4O2S2/c1-5-9-30-21-23-12-15(22)18(26-21)20(28)25-17(8-10-29-4)19(27)24-16-7-6-13(2)11-14(16)3/h6-7,11-12,17H,5,8-10H2,1-4H3,(H,24,27)(H,25,28)/t17-/m1/s1. The number of halogens is 1. The van der Waals surface area contributed by atoms with E-state index in [0.29, 0.717) is 11.6 Å². The summed E-state index contributed by atoms with van der Waals surface area (Å²) < 4.78 is 0. The topological polar surface area (TPSA) is 84.0 Å². The van der Waals surface area contributed by atoms with Gasteiger partial charge in [-0.05, 0) is 50.3 Å². The molecule has 0 saturated carbocycles. The number of amides is 2. The second-order valence-electron chi connectivity index (χ2n) is 6.81. The zero-order chi connectivity index (χ0) is 22.1. The molecule has 1 aromatic heterocycles. The maximum atomic E-state index is 12.9. The fraction of sp³-hybridized carbons (Fsp3) is 0.429. The Morgan fingerprint density at radius 3 is 2.67 bits per heavy atom. The van der Waals surface area contributed by atoms with Crippen LogP contribution in [0, 0.1) is 13.8 Å². The molecule has 2 amide bonds. The molecular weight excluding hydrogens is 440 g/mol. The quantitative estimate of drug-likeness (QED) is 0.388. The smallest absolute Gasteiger partial charge is 0.272 e. The van der Waals surface area contributed by atoms with Crippen molar-refractivity contribution >= 4 is 52.6 Å². The van der Waals surface area contributed by atoms with Crippen LogP contribution in [0.3, 0.4) is 0 Å². The van der Waals surface area contributed by atoms with Gasteiger partial charge in [-0.15, -0.1) is 0 Å². The average Bonchev–Trinajstić information content (AvgIpc) is 2.72. The van der Waals surface area contributed by atoms with Gasteiger partial charge in [0.25, 0.3) is 5.91 Å². The lowest BCUT2D eigenvalue weighted by atomic mass is 10.1. The van der Waals surface area contributed by atoms with E-state index in [2.05, 4.69) is 27.5 Å². The van der Waals surface area contributed by atoms with Gasteiger partial charge in [0, 0.05) is 11.4 Å². The number of nitrogens with one attached hydrogen (secondary N) is 2. The summed E-state index contributed by atoms with van der Waals surface area (Å²) in [5, 5.41) is 6.37. The average molecular weight is 467 g/mol. The molecule has 0 aliphatic carbocycles. The maximum absolute atomic E-state index is 12.9. The lowest BCUT2D eigenvalue weighted by Crippen LogP contribution is -2.44. The third kappa shape index (κ3) is 7.18. The van der Waals surface area contributed by atoms with Gasteiger partial charge in [-0.25, -0.2) is 9.97 Å². The minimum absolute atomic E-state index is 0.0822. The summed E-state index contributed by atoms with van der Waals surface area (Å²) in [6.07, 6.45) is 4.84. The largest absolute Gasteiger partial charge is 0.339 e. The SMILES string of the molecule is CCCSc1ncc(Cl)c(C(=O)N[C@H](CCSC)C(=O)Nc2ccc(C)cc2C)n1. The van der Waals surface area contributed by atoms with Crippen molar-refractivity contribution in [3.05, 3.63) is 46.2 Å². The van der Waals surface area contributed by atoms with Crippen LogP contribution in [0.2, 0.25) is 5.02 Å².